The molecular weight excluding hydrogens is 302 g/mol. The zero-order valence-electron chi connectivity index (χ0n) is 13.4. The van der Waals surface area contributed by atoms with Crippen molar-refractivity contribution in [2.75, 3.05) is 57.4 Å². The SMILES string of the molecule is CCCN(C(=O)CSCC(=O)N1CCOCC1)C1CCNC1. The van der Waals surface area contributed by atoms with Crippen LogP contribution in [0.2, 0.25) is 0 Å². The number of nitrogens with zero attached hydrogens (tertiary/aromatic N) is 2. The van der Waals surface area contributed by atoms with E-state index in [4.69, 9.17) is 4.74 Å². The Morgan fingerprint density at radius 3 is 2.73 bits per heavy atom. The predicted molar refractivity (Wildman–Crippen MR) is 88.0 cm³/mol. The highest BCUT2D eigenvalue weighted by Crippen LogP contribution is 2.13. The summed E-state index contributed by atoms with van der Waals surface area (Å²) in [5.74, 6) is 1.06. The first-order valence-corrected chi connectivity index (χ1v) is 9.31. The van der Waals surface area contributed by atoms with Crippen molar-refractivity contribution in [2.45, 2.75) is 25.8 Å². The Labute approximate surface area is 136 Å². The van der Waals surface area contributed by atoms with Gasteiger partial charge in [0.2, 0.25) is 11.8 Å². The first-order valence-electron chi connectivity index (χ1n) is 8.15. The molecule has 2 heterocycles. The van der Waals surface area contributed by atoms with Crippen LogP contribution in [0.4, 0.5) is 0 Å². The van der Waals surface area contributed by atoms with Crippen LogP contribution >= 0.6 is 11.8 Å². The molecule has 0 bridgehead atoms. The number of morpholine rings is 1. The summed E-state index contributed by atoms with van der Waals surface area (Å²) in [6.45, 7) is 7.36. The molecule has 22 heavy (non-hydrogen) atoms. The van der Waals surface area contributed by atoms with Gasteiger partial charge in [0.1, 0.15) is 0 Å². The van der Waals surface area contributed by atoms with Gasteiger partial charge in [0.05, 0.1) is 24.7 Å². The van der Waals surface area contributed by atoms with Gasteiger partial charge in [-0.25, -0.2) is 0 Å². The summed E-state index contributed by atoms with van der Waals surface area (Å²) >= 11 is 1.43. The Morgan fingerprint density at radius 2 is 2.09 bits per heavy atom. The van der Waals surface area contributed by atoms with Crippen molar-refractivity contribution in [3.8, 4) is 0 Å². The second-order valence-corrected chi connectivity index (χ2v) is 6.71. The smallest absolute Gasteiger partial charge is 0.232 e. The van der Waals surface area contributed by atoms with Crippen molar-refractivity contribution in [1.29, 1.82) is 0 Å². The van der Waals surface area contributed by atoms with Gasteiger partial charge < -0.3 is 19.9 Å². The van der Waals surface area contributed by atoms with E-state index in [1.165, 1.54) is 11.8 Å². The largest absolute Gasteiger partial charge is 0.378 e. The van der Waals surface area contributed by atoms with E-state index in [2.05, 4.69) is 12.2 Å². The van der Waals surface area contributed by atoms with Crippen LogP contribution in [0.5, 0.6) is 0 Å². The standard InChI is InChI=1S/C15H27N3O3S/c1-2-5-18(13-3-4-16-10-13)15(20)12-22-11-14(19)17-6-8-21-9-7-17/h13,16H,2-12H2,1H3. The van der Waals surface area contributed by atoms with Gasteiger partial charge in [-0.15, -0.1) is 11.8 Å². The van der Waals surface area contributed by atoms with Crippen LogP contribution in [0, 0.1) is 0 Å². The molecule has 0 aromatic rings. The molecule has 0 saturated carbocycles. The summed E-state index contributed by atoms with van der Waals surface area (Å²) in [5.41, 5.74) is 0. The number of rotatable bonds is 7. The maximum atomic E-state index is 12.4. The Morgan fingerprint density at radius 1 is 1.32 bits per heavy atom. The van der Waals surface area contributed by atoms with Crippen molar-refractivity contribution in [2.24, 2.45) is 0 Å². The fourth-order valence-corrected chi connectivity index (χ4v) is 3.67. The highest BCUT2D eigenvalue weighted by molar-refractivity contribution is 8.00. The maximum absolute atomic E-state index is 12.4. The number of hydrogen-bond donors (Lipinski definition) is 1. The van der Waals surface area contributed by atoms with Gasteiger partial charge in [-0.05, 0) is 19.4 Å². The average Bonchev–Trinajstić information content (AvgIpc) is 3.07. The van der Waals surface area contributed by atoms with E-state index in [1.54, 1.807) is 0 Å². The van der Waals surface area contributed by atoms with Gasteiger partial charge in [-0.3, -0.25) is 9.59 Å². The molecule has 1 atom stereocenters. The number of amides is 2. The number of thioether (sulfide) groups is 1. The second kappa shape index (κ2) is 9.37. The van der Waals surface area contributed by atoms with E-state index in [1.807, 2.05) is 9.80 Å². The molecule has 0 radical (unpaired) electrons. The highest BCUT2D eigenvalue weighted by Gasteiger charge is 2.26. The van der Waals surface area contributed by atoms with Crippen LogP contribution < -0.4 is 5.32 Å². The van der Waals surface area contributed by atoms with Gasteiger partial charge in [-0.2, -0.15) is 0 Å². The van der Waals surface area contributed by atoms with Crippen molar-refractivity contribution < 1.29 is 14.3 Å². The summed E-state index contributed by atoms with van der Waals surface area (Å²) in [7, 11) is 0. The molecule has 2 aliphatic heterocycles. The Hall–Kier alpha value is -0.790. The number of ether oxygens (including phenoxy) is 1. The van der Waals surface area contributed by atoms with Crippen molar-refractivity contribution in [3.05, 3.63) is 0 Å². The molecule has 1 unspecified atom stereocenters. The first kappa shape index (κ1) is 17.6. The Balaban J connectivity index is 1.71. The molecule has 2 saturated heterocycles. The lowest BCUT2D eigenvalue weighted by Gasteiger charge is -2.29. The van der Waals surface area contributed by atoms with Crippen LogP contribution in [0.3, 0.4) is 0 Å². The summed E-state index contributed by atoms with van der Waals surface area (Å²) in [5, 5.41) is 3.31. The van der Waals surface area contributed by atoms with Crippen LogP contribution in [0.15, 0.2) is 0 Å². The van der Waals surface area contributed by atoms with Gasteiger partial charge >= 0.3 is 0 Å². The molecule has 2 amide bonds. The minimum absolute atomic E-state index is 0.116. The van der Waals surface area contributed by atoms with E-state index in [-0.39, 0.29) is 11.8 Å². The number of nitrogens with one attached hydrogen (secondary N) is 1. The molecule has 0 aromatic heterocycles. The second-order valence-electron chi connectivity index (χ2n) is 5.72. The average molecular weight is 329 g/mol. The fraction of sp³-hybridized carbons (Fsp3) is 0.867. The van der Waals surface area contributed by atoms with E-state index in [0.717, 1.165) is 32.5 Å². The molecule has 0 aliphatic carbocycles. The maximum Gasteiger partial charge on any atom is 0.232 e. The number of hydrogen-bond acceptors (Lipinski definition) is 5. The summed E-state index contributed by atoms with van der Waals surface area (Å²) < 4.78 is 5.24. The van der Waals surface area contributed by atoms with Gasteiger partial charge in [0, 0.05) is 32.2 Å². The molecule has 0 aromatic carbocycles. The third-order valence-electron chi connectivity index (χ3n) is 4.07. The lowest BCUT2D eigenvalue weighted by atomic mass is 10.2. The highest BCUT2D eigenvalue weighted by atomic mass is 32.2. The molecule has 6 nitrogen and oxygen atoms in total. The van der Waals surface area contributed by atoms with E-state index >= 15 is 0 Å². The summed E-state index contributed by atoms with van der Waals surface area (Å²) in [6.07, 6.45) is 2.00. The predicted octanol–water partition coefficient (Wildman–Crippen LogP) is 0.179. The zero-order chi connectivity index (χ0) is 15.8. The fourth-order valence-electron chi connectivity index (χ4n) is 2.87. The molecule has 0 spiro atoms. The lowest BCUT2D eigenvalue weighted by Crippen LogP contribution is -2.43. The minimum Gasteiger partial charge on any atom is -0.378 e. The van der Waals surface area contributed by atoms with E-state index in [0.29, 0.717) is 43.9 Å². The minimum atomic E-state index is 0.116. The van der Waals surface area contributed by atoms with Crippen LogP contribution in [0.25, 0.3) is 0 Å². The summed E-state index contributed by atoms with van der Waals surface area (Å²) in [4.78, 5) is 28.3. The molecule has 2 rings (SSSR count). The monoisotopic (exact) mass is 329 g/mol. The topological polar surface area (TPSA) is 61.9 Å². The Bertz CT molecular complexity index is 369. The summed E-state index contributed by atoms with van der Waals surface area (Å²) in [6, 6.07) is 0.322. The van der Waals surface area contributed by atoms with E-state index in [9.17, 15) is 9.59 Å². The van der Waals surface area contributed by atoms with Crippen molar-refractivity contribution >= 4 is 23.6 Å². The van der Waals surface area contributed by atoms with Crippen molar-refractivity contribution in [3.63, 3.8) is 0 Å². The quantitative estimate of drug-likeness (QED) is 0.722. The van der Waals surface area contributed by atoms with Gasteiger partial charge in [0.25, 0.3) is 0 Å². The third kappa shape index (κ3) is 5.14. The molecule has 2 aliphatic rings. The van der Waals surface area contributed by atoms with Gasteiger partial charge in [-0.1, -0.05) is 6.92 Å². The number of carbonyl (C=O) groups excluding carboxylic acids is 2. The Kier molecular flexibility index (Phi) is 7.48. The van der Waals surface area contributed by atoms with Crippen LogP contribution in [-0.2, 0) is 14.3 Å². The van der Waals surface area contributed by atoms with Crippen LogP contribution in [-0.4, -0.2) is 85.1 Å². The molecule has 2 fully saturated rings. The molecule has 1 N–H and O–H groups in total. The zero-order valence-corrected chi connectivity index (χ0v) is 14.2. The lowest BCUT2D eigenvalue weighted by molar-refractivity contribution is -0.132. The normalized spacial score (nSPS) is 21.9. The first-order chi connectivity index (χ1) is 10.7. The third-order valence-corrected chi connectivity index (χ3v) is 4.98. The van der Waals surface area contributed by atoms with Crippen molar-refractivity contribution in [1.82, 2.24) is 15.1 Å². The molecular formula is C15H27N3O3S. The van der Waals surface area contributed by atoms with E-state index < -0.39 is 0 Å². The number of carbonyl (C=O) groups is 2. The van der Waals surface area contributed by atoms with Crippen LogP contribution in [0.1, 0.15) is 19.8 Å². The molecule has 7 heteroatoms. The molecule has 126 valence electrons. The van der Waals surface area contributed by atoms with Gasteiger partial charge in [0.15, 0.2) is 0 Å².